The number of amides is 3. The van der Waals surface area contributed by atoms with E-state index in [1.807, 2.05) is 0 Å². The lowest BCUT2D eigenvalue weighted by Gasteiger charge is -2.18. The first-order valence-corrected chi connectivity index (χ1v) is 9.38. The van der Waals surface area contributed by atoms with Crippen LogP contribution in [0.1, 0.15) is 53.3 Å². The molecule has 144 valence electrons. The molecule has 1 aromatic carbocycles. The Kier molecular flexibility index (Phi) is 5.72. The highest BCUT2D eigenvalue weighted by molar-refractivity contribution is 6.43. The number of hydrogen-bond donors (Lipinski definition) is 1. The Labute approximate surface area is 165 Å². The van der Waals surface area contributed by atoms with Crippen molar-refractivity contribution in [2.75, 3.05) is 6.54 Å². The molecule has 0 radical (unpaired) electrons. The van der Waals surface area contributed by atoms with Crippen LogP contribution in [0.5, 0.6) is 0 Å². The highest BCUT2D eigenvalue weighted by Crippen LogP contribution is 2.31. The summed E-state index contributed by atoms with van der Waals surface area (Å²) < 4.78 is 5.08. The maximum atomic E-state index is 12.4. The first-order valence-electron chi connectivity index (χ1n) is 8.63. The van der Waals surface area contributed by atoms with Crippen molar-refractivity contribution < 1.29 is 23.9 Å². The van der Waals surface area contributed by atoms with Gasteiger partial charge < -0.3 is 10.1 Å². The minimum absolute atomic E-state index is 0.0780. The van der Waals surface area contributed by atoms with Gasteiger partial charge in [0.15, 0.2) is 6.10 Å². The minimum Gasteiger partial charge on any atom is -0.451 e. The van der Waals surface area contributed by atoms with E-state index in [4.69, 9.17) is 27.9 Å². The quantitative estimate of drug-likeness (QED) is 0.592. The lowest BCUT2D eigenvalue weighted by Crippen LogP contribution is -2.43. The van der Waals surface area contributed by atoms with Crippen LogP contribution in [0.15, 0.2) is 12.1 Å². The second kappa shape index (κ2) is 7.86. The van der Waals surface area contributed by atoms with Crippen molar-refractivity contribution in [1.82, 2.24) is 10.2 Å². The van der Waals surface area contributed by atoms with Crippen LogP contribution >= 0.6 is 23.2 Å². The van der Waals surface area contributed by atoms with Gasteiger partial charge in [-0.1, -0.05) is 36.0 Å². The van der Waals surface area contributed by atoms with E-state index in [1.54, 1.807) is 0 Å². The molecular formula is C18H18Cl2N2O5. The molecular weight excluding hydrogens is 395 g/mol. The average Bonchev–Trinajstić information content (AvgIpc) is 3.19. The topological polar surface area (TPSA) is 92.8 Å². The number of carbonyl (C=O) groups is 4. The molecule has 0 saturated heterocycles. The second-order valence-electron chi connectivity index (χ2n) is 6.63. The molecule has 1 aromatic rings. The molecule has 1 atom stereocenters. The fraction of sp³-hybridized carbons (Fsp3) is 0.444. The van der Waals surface area contributed by atoms with Gasteiger partial charge in [-0.05, 0) is 31.9 Å². The summed E-state index contributed by atoms with van der Waals surface area (Å²) in [4.78, 5) is 49.7. The Morgan fingerprint density at radius 1 is 1.15 bits per heavy atom. The maximum absolute atomic E-state index is 12.4. The summed E-state index contributed by atoms with van der Waals surface area (Å²) in [5.74, 6) is -2.56. The molecule has 1 aliphatic carbocycles. The molecule has 1 N–H and O–H groups in total. The van der Waals surface area contributed by atoms with E-state index in [1.165, 1.54) is 19.1 Å². The number of ether oxygens (including phenoxy) is 1. The Hall–Kier alpha value is -2.12. The number of halogens is 2. The third kappa shape index (κ3) is 4.09. The van der Waals surface area contributed by atoms with Crippen molar-refractivity contribution in [2.24, 2.45) is 0 Å². The summed E-state index contributed by atoms with van der Waals surface area (Å²) in [5.41, 5.74) is 0.156. The molecule has 0 unspecified atom stereocenters. The van der Waals surface area contributed by atoms with Gasteiger partial charge in [-0.25, -0.2) is 0 Å². The van der Waals surface area contributed by atoms with E-state index in [0.29, 0.717) is 0 Å². The Bertz CT molecular complexity index is 779. The van der Waals surface area contributed by atoms with Crippen LogP contribution in [0, 0.1) is 0 Å². The fourth-order valence-corrected chi connectivity index (χ4v) is 3.56. The lowest BCUT2D eigenvalue weighted by atomic mass is 10.1. The molecule has 1 aliphatic heterocycles. The highest BCUT2D eigenvalue weighted by Gasteiger charge is 2.38. The number of fused-ring (bicyclic) bond motifs is 1. The minimum atomic E-state index is -1.02. The summed E-state index contributed by atoms with van der Waals surface area (Å²) in [6, 6.07) is 2.69. The van der Waals surface area contributed by atoms with Crippen LogP contribution in [-0.2, 0) is 14.3 Å². The highest BCUT2D eigenvalue weighted by atomic mass is 35.5. The van der Waals surface area contributed by atoms with Crippen molar-refractivity contribution in [2.45, 2.75) is 44.8 Å². The standard InChI is InChI=1S/C18H18Cl2N2O5/c1-9(16(24)21-10-4-2-3-5-10)27-15(23)8-22-17(25)11-6-13(19)14(20)7-12(11)18(22)26/h6-7,9-10H,2-5,8H2,1H3,(H,21,24)/t9-/m0/s1. The molecule has 1 fully saturated rings. The molecule has 0 aromatic heterocycles. The average molecular weight is 413 g/mol. The van der Waals surface area contributed by atoms with Crippen LogP contribution in [-0.4, -0.2) is 47.3 Å². The lowest BCUT2D eigenvalue weighted by molar-refractivity contribution is -0.155. The predicted molar refractivity (Wildman–Crippen MR) is 97.8 cm³/mol. The normalized spacial score (nSPS) is 17.8. The molecule has 27 heavy (non-hydrogen) atoms. The third-order valence-electron chi connectivity index (χ3n) is 4.68. The zero-order valence-corrected chi connectivity index (χ0v) is 16.1. The molecule has 2 aliphatic rings. The molecule has 9 heteroatoms. The van der Waals surface area contributed by atoms with E-state index in [9.17, 15) is 19.2 Å². The van der Waals surface area contributed by atoms with Gasteiger partial charge in [-0.2, -0.15) is 0 Å². The summed E-state index contributed by atoms with van der Waals surface area (Å²) in [7, 11) is 0. The Morgan fingerprint density at radius 3 is 2.19 bits per heavy atom. The second-order valence-corrected chi connectivity index (χ2v) is 7.44. The number of carbonyl (C=O) groups excluding carboxylic acids is 4. The van der Waals surface area contributed by atoms with Gasteiger partial charge in [-0.15, -0.1) is 0 Å². The Morgan fingerprint density at radius 2 is 1.67 bits per heavy atom. The van der Waals surface area contributed by atoms with Crippen LogP contribution in [0.3, 0.4) is 0 Å². The van der Waals surface area contributed by atoms with Gasteiger partial charge in [0.1, 0.15) is 6.54 Å². The monoisotopic (exact) mass is 412 g/mol. The van der Waals surface area contributed by atoms with E-state index in [0.717, 1.165) is 30.6 Å². The summed E-state index contributed by atoms with van der Waals surface area (Å²) in [5, 5.41) is 3.10. The van der Waals surface area contributed by atoms with Crippen LogP contribution in [0.25, 0.3) is 0 Å². The van der Waals surface area contributed by atoms with Crippen molar-refractivity contribution in [3.8, 4) is 0 Å². The van der Waals surface area contributed by atoms with Crippen LogP contribution in [0.2, 0.25) is 10.0 Å². The van der Waals surface area contributed by atoms with Crippen LogP contribution < -0.4 is 5.32 Å². The van der Waals surface area contributed by atoms with E-state index >= 15 is 0 Å². The number of nitrogens with zero attached hydrogens (tertiary/aromatic N) is 1. The molecule has 1 saturated carbocycles. The summed E-state index contributed by atoms with van der Waals surface area (Å²) in [6.07, 6.45) is 2.93. The SMILES string of the molecule is C[C@H](OC(=O)CN1C(=O)c2cc(Cl)c(Cl)cc2C1=O)C(=O)NC1CCCC1. The van der Waals surface area contributed by atoms with E-state index in [2.05, 4.69) is 5.32 Å². The van der Waals surface area contributed by atoms with Gasteiger partial charge in [0.2, 0.25) is 0 Å². The predicted octanol–water partition coefficient (Wildman–Crippen LogP) is 2.58. The number of benzene rings is 1. The van der Waals surface area contributed by atoms with Crippen molar-refractivity contribution in [3.05, 3.63) is 33.3 Å². The largest absolute Gasteiger partial charge is 0.451 e. The molecule has 3 rings (SSSR count). The molecule has 3 amide bonds. The smallest absolute Gasteiger partial charge is 0.326 e. The number of hydrogen-bond acceptors (Lipinski definition) is 5. The molecule has 0 bridgehead atoms. The van der Waals surface area contributed by atoms with Gasteiger partial charge >= 0.3 is 5.97 Å². The van der Waals surface area contributed by atoms with Gasteiger partial charge in [0, 0.05) is 6.04 Å². The first kappa shape index (κ1) is 19.6. The number of rotatable bonds is 5. The van der Waals surface area contributed by atoms with Gasteiger partial charge in [-0.3, -0.25) is 24.1 Å². The third-order valence-corrected chi connectivity index (χ3v) is 5.40. The molecule has 7 nitrogen and oxygen atoms in total. The van der Waals surface area contributed by atoms with Crippen molar-refractivity contribution >= 4 is 46.9 Å². The Balaban J connectivity index is 1.60. The zero-order valence-electron chi connectivity index (χ0n) is 14.6. The number of imide groups is 1. The zero-order chi connectivity index (χ0) is 19.7. The molecule has 1 heterocycles. The van der Waals surface area contributed by atoms with Crippen molar-refractivity contribution in [3.63, 3.8) is 0 Å². The summed E-state index contributed by atoms with van der Waals surface area (Å²) >= 11 is 11.8. The number of nitrogens with one attached hydrogen (secondary N) is 1. The van der Waals surface area contributed by atoms with Crippen LogP contribution in [0.4, 0.5) is 0 Å². The summed E-state index contributed by atoms with van der Waals surface area (Å²) in [6.45, 7) is 0.854. The fourth-order valence-electron chi connectivity index (χ4n) is 3.23. The molecule has 0 spiro atoms. The first-order chi connectivity index (χ1) is 12.8. The van der Waals surface area contributed by atoms with E-state index < -0.39 is 36.3 Å². The van der Waals surface area contributed by atoms with E-state index in [-0.39, 0.29) is 27.2 Å². The maximum Gasteiger partial charge on any atom is 0.326 e. The van der Waals surface area contributed by atoms with Gasteiger partial charge in [0.25, 0.3) is 17.7 Å². The van der Waals surface area contributed by atoms with Crippen molar-refractivity contribution in [1.29, 1.82) is 0 Å². The van der Waals surface area contributed by atoms with Gasteiger partial charge in [0.05, 0.1) is 21.2 Å². The number of esters is 1.